The van der Waals surface area contributed by atoms with Crippen LogP contribution < -0.4 is 9.64 Å². The molecule has 2 aromatic rings. The van der Waals surface area contributed by atoms with E-state index in [0.29, 0.717) is 18.8 Å². The Kier molecular flexibility index (Phi) is 5.00. The van der Waals surface area contributed by atoms with E-state index in [1.165, 1.54) is 4.90 Å². The minimum Gasteiger partial charge on any atom is -0.443 e. The van der Waals surface area contributed by atoms with Crippen molar-refractivity contribution >= 4 is 28.6 Å². The van der Waals surface area contributed by atoms with E-state index in [9.17, 15) is 9.59 Å². The molecule has 0 saturated carbocycles. The fraction of sp³-hybridized carbons (Fsp3) is 0.429. The van der Waals surface area contributed by atoms with Gasteiger partial charge in [0.1, 0.15) is 11.4 Å². The maximum absolute atomic E-state index is 12.6. The molecular formula is C21H26N2O4. The predicted octanol–water partition coefficient (Wildman–Crippen LogP) is 4.59. The molecule has 0 unspecified atom stereocenters. The molecule has 6 heteroatoms. The van der Waals surface area contributed by atoms with E-state index < -0.39 is 11.7 Å². The summed E-state index contributed by atoms with van der Waals surface area (Å²) in [6, 6.07) is 9.56. The first-order chi connectivity index (χ1) is 12.7. The van der Waals surface area contributed by atoms with Gasteiger partial charge in [-0.2, -0.15) is 0 Å². The molecule has 1 heterocycles. The molecule has 144 valence electrons. The smallest absolute Gasteiger partial charge is 0.414 e. The van der Waals surface area contributed by atoms with Gasteiger partial charge in [0.15, 0.2) is 0 Å². The number of ether oxygens (including phenoxy) is 2. The number of hydrogen-bond acceptors (Lipinski definition) is 4. The van der Waals surface area contributed by atoms with Gasteiger partial charge in [-0.05, 0) is 45.1 Å². The minimum atomic E-state index is -0.574. The van der Waals surface area contributed by atoms with Crippen LogP contribution in [0.2, 0.25) is 0 Å². The molecule has 0 radical (unpaired) electrons. The molecule has 6 nitrogen and oxygen atoms in total. The Labute approximate surface area is 159 Å². The van der Waals surface area contributed by atoms with Crippen LogP contribution >= 0.6 is 0 Å². The highest BCUT2D eigenvalue weighted by atomic mass is 16.6. The summed E-state index contributed by atoms with van der Waals surface area (Å²) in [6.07, 6.45) is -0.0815. The molecule has 3 rings (SSSR count). The summed E-state index contributed by atoms with van der Waals surface area (Å²) in [7, 11) is 1.69. The molecule has 0 saturated heterocycles. The van der Waals surface area contributed by atoms with Crippen molar-refractivity contribution in [1.82, 2.24) is 4.90 Å². The lowest BCUT2D eigenvalue weighted by molar-refractivity contribution is 0.0584. The van der Waals surface area contributed by atoms with E-state index in [4.69, 9.17) is 9.47 Å². The summed E-state index contributed by atoms with van der Waals surface area (Å²) >= 11 is 0. The normalized spacial score (nSPS) is 13.4. The van der Waals surface area contributed by atoms with Gasteiger partial charge < -0.3 is 14.4 Å². The Balaban J connectivity index is 2.04. The van der Waals surface area contributed by atoms with Gasteiger partial charge in [-0.1, -0.05) is 24.3 Å². The molecule has 0 N–H and O–H groups in total. The Hall–Kier alpha value is -2.76. The van der Waals surface area contributed by atoms with E-state index in [0.717, 1.165) is 28.4 Å². The van der Waals surface area contributed by atoms with Crippen LogP contribution in [-0.4, -0.2) is 42.8 Å². The molecule has 0 atom stereocenters. The van der Waals surface area contributed by atoms with Gasteiger partial charge >= 0.3 is 12.2 Å². The summed E-state index contributed by atoms with van der Waals surface area (Å²) in [5.41, 5.74) is 1.24. The fourth-order valence-electron chi connectivity index (χ4n) is 3.13. The SMILES string of the molecule is CCN(C)C(=O)Oc1cc2c(c3ccccc13)CCN2C(=O)OC(C)(C)C. The summed E-state index contributed by atoms with van der Waals surface area (Å²) < 4.78 is 11.2. The molecule has 0 fully saturated rings. The maximum Gasteiger partial charge on any atom is 0.414 e. The van der Waals surface area contributed by atoms with E-state index in [-0.39, 0.29) is 6.09 Å². The van der Waals surface area contributed by atoms with Gasteiger partial charge in [-0.25, -0.2) is 9.59 Å². The number of fused-ring (bicyclic) bond motifs is 3. The van der Waals surface area contributed by atoms with Gasteiger partial charge in [-0.15, -0.1) is 0 Å². The topological polar surface area (TPSA) is 59.1 Å². The van der Waals surface area contributed by atoms with Crippen LogP contribution in [0.1, 0.15) is 33.3 Å². The number of carbonyl (C=O) groups is 2. The molecule has 0 bridgehead atoms. The number of hydrogen-bond donors (Lipinski definition) is 0. The van der Waals surface area contributed by atoms with Gasteiger partial charge in [0.25, 0.3) is 0 Å². The van der Waals surface area contributed by atoms with Crippen LogP contribution in [0.3, 0.4) is 0 Å². The van der Waals surface area contributed by atoms with Crippen LogP contribution in [0.4, 0.5) is 15.3 Å². The van der Waals surface area contributed by atoms with E-state index >= 15 is 0 Å². The predicted molar refractivity (Wildman–Crippen MR) is 106 cm³/mol. The van der Waals surface area contributed by atoms with Crippen molar-refractivity contribution in [3.63, 3.8) is 0 Å². The van der Waals surface area contributed by atoms with E-state index in [1.807, 2.05) is 52.0 Å². The zero-order valence-corrected chi connectivity index (χ0v) is 16.5. The van der Waals surface area contributed by atoms with Crippen molar-refractivity contribution in [2.45, 2.75) is 39.7 Å². The number of benzene rings is 2. The summed E-state index contributed by atoms with van der Waals surface area (Å²) in [5.74, 6) is 0.449. The second kappa shape index (κ2) is 7.10. The fourth-order valence-corrected chi connectivity index (χ4v) is 3.13. The highest BCUT2D eigenvalue weighted by Crippen LogP contribution is 2.40. The largest absolute Gasteiger partial charge is 0.443 e. The van der Waals surface area contributed by atoms with Gasteiger partial charge in [0, 0.05) is 31.6 Å². The lowest BCUT2D eigenvalue weighted by atomic mass is 10.0. The molecule has 27 heavy (non-hydrogen) atoms. The standard InChI is InChI=1S/C21H26N2O4/c1-6-22(5)19(24)26-18-13-17-15(14-9-7-8-10-16(14)18)11-12-23(17)20(25)27-21(2,3)4/h7-10,13H,6,11-12H2,1-5H3. The zero-order chi connectivity index (χ0) is 19.8. The van der Waals surface area contributed by atoms with Crippen LogP contribution in [0.25, 0.3) is 10.8 Å². The number of carbonyl (C=O) groups excluding carboxylic acids is 2. The van der Waals surface area contributed by atoms with Crippen LogP contribution in [-0.2, 0) is 11.2 Å². The lowest BCUT2D eigenvalue weighted by Crippen LogP contribution is -2.35. The van der Waals surface area contributed by atoms with Crippen LogP contribution in [0.15, 0.2) is 30.3 Å². The summed E-state index contributed by atoms with van der Waals surface area (Å²) in [5, 5.41) is 1.85. The molecule has 1 aliphatic heterocycles. The van der Waals surface area contributed by atoms with Crippen LogP contribution in [0, 0.1) is 0 Å². The molecule has 0 aliphatic carbocycles. The number of anilines is 1. The average molecular weight is 370 g/mol. The zero-order valence-electron chi connectivity index (χ0n) is 16.5. The Morgan fingerprint density at radius 1 is 1.19 bits per heavy atom. The van der Waals surface area contributed by atoms with Crippen molar-refractivity contribution in [1.29, 1.82) is 0 Å². The Morgan fingerprint density at radius 3 is 2.48 bits per heavy atom. The molecular weight excluding hydrogens is 344 g/mol. The monoisotopic (exact) mass is 370 g/mol. The van der Waals surface area contributed by atoms with Gasteiger partial charge in [0.05, 0.1) is 5.69 Å². The average Bonchev–Trinajstić information content (AvgIpc) is 3.03. The first-order valence-corrected chi connectivity index (χ1v) is 9.19. The lowest BCUT2D eigenvalue weighted by Gasteiger charge is -2.25. The minimum absolute atomic E-state index is 0.389. The number of rotatable bonds is 2. The van der Waals surface area contributed by atoms with Crippen LogP contribution in [0.5, 0.6) is 5.75 Å². The highest BCUT2D eigenvalue weighted by molar-refractivity contribution is 6.02. The molecule has 2 amide bonds. The third-order valence-electron chi connectivity index (χ3n) is 4.57. The number of nitrogens with zero attached hydrogens (tertiary/aromatic N) is 2. The highest BCUT2D eigenvalue weighted by Gasteiger charge is 2.31. The molecule has 2 aromatic carbocycles. The van der Waals surface area contributed by atoms with E-state index in [2.05, 4.69) is 0 Å². The van der Waals surface area contributed by atoms with Gasteiger partial charge in [0.2, 0.25) is 0 Å². The Morgan fingerprint density at radius 2 is 1.85 bits per heavy atom. The first-order valence-electron chi connectivity index (χ1n) is 9.19. The molecule has 0 spiro atoms. The van der Waals surface area contributed by atoms with Crippen molar-refractivity contribution in [3.05, 3.63) is 35.9 Å². The second-order valence-electron chi connectivity index (χ2n) is 7.68. The molecule has 1 aliphatic rings. The maximum atomic E-state index is 12.6. The van der Waals surface area contributed by atoms with Gasteiger partial charge in [-0.3, -0.25) is 4.90 Å². The van der Waals surface area contributed by atoms with Crippen molar-refractivity contribution < 1.29 is 19.1 Å². The first kappa shape index (κ1) is 19.0. The van der Waals surface area contributed by atoms with Crippen molar-refractivity contribution in [2.75, 3.05) is 25.0 Å². The van der Waals surface area contributed by atoms with Crippen molar-refractivity contribution in [3.8, 4) is 5.75 Å². The third-order valence-corrected chi connectivity index (χ3v) is 4.57. The molecule has 0 aromatic heterocycles. The third kappa shape index (κ3) is 3.84. The summed E-state index contributed by atoms with van der Waals surface area (Å²) in [4.78, 5) is 28.0. The Bertz CT molecular complexity index is 886. The second-order valence-corrected chi connectivity index (χ2v) is 7.68. The summed E-state index contributed by atoms with van der Waals surface area (Å²) in [6.45, 7) is 8.50. The quantitative estimate of drug-likeness (QED) is 0.776. The van der Waals surface area contributed by atoms with Crippen molar-refractivity contribution in [2.24, 2.45) is 0 Å². The number of amides is 2. The van der Waals surface area contributed by atoms with E-state index in [1.54, 1.807) is 18.0 Å².